The summed E-state index contributed by atoms with van der Waals surface area (Å²) in [6, 6.07) is 22.1. The number of aromatic hydroxyl groups is 1. The van der Waals surface area contributed by atoms with Gasteiger partial charge in [0.1, 0.15) is 11.5 Å². The average molecular weight is 495 g/mol. The van der Waals surface area contributed by atoms with Crippen molar-refractivity contribution < 1.29 is 19.4 Å². The van der Waals surface area contributed by atoms with E-state index < -0.39 is 5.91 Å². The zero-order valence-corrected chi connectivity index (χ0v) is 21.0. The van der Waals surface area contributed by atoms with Gasteiger partial charge in [-0.2, -0.15) is 0 Å². The third kappa shape index (κ3) is 4.38. The van der Waals surface area contributed by atoms with E-state index in [1.165, 1.54) is 0 Å². The highest BCUT2D eigenvalue weighted by molar-refractivity contribution is 6.08. The van der Waals surface area contributed by atoms with Crippen molar-refractivity contribution in [1.82, 2.24) is 9.55 Å². The molecule has 8 heteroatoms. The minimum atomic E-state index is -0.564. The highest BCUT2D eigenvalue weighted by Crippen LogP contribution is 2.42. The third-order valence-electron chi connectivity index (χ3n) is 6.23. The molecular formula is C29H26N4O4. The number of ether oxygens (including phenoxy) is 2. The Morgan fingerprint density at radius 3 is 2.27 bits per heavy atom. The van der Waals surface area contributed by atoms with Gasteiger partial charge in [-0.1, -0.05) is 30.3 Å². The van der Waals surface area contributed by atoms with Gasteiger partial charge < -0.3 is 19.1 Å². The Hall–Kier alpha value is -4.72. The Morgan fingerprint density at radius 2 is 1.59 bits per heavy atom. The van der Waals surface area contributed by atoms with Crippen LogP contribution in [0.5, 0.6) is 17.4 Å². The van der Waals surface area contributed by atoms with Crippen LogP contribution >= 0.6 is 0 Å². The number of aromatic nitrogens is 2. The standard InChI is InChI=1S/C29H26N4O4/c1-17(2)33-26-13-11-20(37-4)15-23(26)27(29(33)35)31-32-28(34)22-16-25(18-8-6-5-7-9-18)30-24-12-10-19(36-3)14-21(22)24/h5-17,35H,1-4H3. The number of benzene rings is 3. The summed E-state index contributed by atoms with van der Waals surface area (Å²) in [6.07, 6.45) is 0. The maximum absolute atomic E-state index is 13.5. The third-order valence-corrected chi connectivity index (χ3v) is 6.23. The first kappa shape index (κ1) is 24.0. The number of carbonyl (C=O) groups is 1. The first-order valence-corrected chi connectivity index (χ1v) is 11.8. The lowest BCUT2D eigenvalue weighted by Gasteiger charge is -2.10. The van der Waals surface area contributed by atoms with Crippen molar-refractivity contribution >= 4 is 33.4 Å². The second-order valence-corrected chi connectivity index (χ2v) is 8.83. The second kappa shape index (κ2) is 9.73. The number of methoxy groups -OCH3 is 2. The van der Waals surface area contributed by atoms with E-state index in [1.807, 2.05) is 62.4 Å². The number of rotatable bonds is 6. The number of azo groups is 1. The largest absolute Gasteiger partial charge is 0.497 e. The Morgan fingerprint density at radius 1 is 0.919 bits per heavy atom. The predicted octanol–water partition coefficient (Wildman–Crippen LogP) is 7.08. The SMILES string of the molecule is COc1ccc2nc(-c3ccccc3)cc(C(=O)N=Nc3c(O)n(C(C)C)c4ccc(OC)cc34)c2c1. The van der Waals surface area contributed by atoms with Crippen molar-refractivity contribution in [3.8, 4) is 28.6 Å². The maximum Gasteiger partial charge on any atom is 0.296 e. The van der Waals surface area contributed by atoms with Gasteiger partial charge in [0, 0.05) is 22.4 Å². The van der Waals surface area contributed by atoms with Crippen LogP contribution in [0.15, 0.2) is 83.0 Å². The van der Waals surface area contributed by atoms with E-state index >= 15 is 0 Å². The van der Waals surface area contributed by atoms with Crippen LogP contribution in [0.3, 0.4) is 0 Å². The summed E-state index contributed by atoms with van der Waals surface area (Å²) in [5.41, 5.74) is 3.44. The van der Waals surface area contributed by atoms with Crippen molar-refractivity contribution in [2.75, 3.05) is 14.2 Å². The summed E-state index contributed by atoms with van der Waals surface area (Å²) in [5.74, 6) is 0.569. The van der Waals surface area contributed by atoms with Crippen molar-refractivity contribution in [2.45, 2.75) is 19.9 Å². The molecule has 37 heavy (non-hydrogen) atoms. The molecule has 0 fully saturated rings. The molecular weight excluding hydrogens is 468 g/mol. The van der Waals surface area contributed by atoms with Gasteiger partial charge in [-0.3, -0.25) is 4.79 Å². The molecule has 0 bridgehead atoms. The van der Waals surface area contributed by atoms with Crippen molar-refractivity contribution in [3.63, 3.8) is 0 Å². The van der Waals surface area contributed by atoms with E-state index in [1.54, 1.807) is 43.1 Å². The molecule has 5 rings (SSSR count). The highest BCUT2D eigenvalue weighted by Gasteiger charge is 2.20. The molecule has 0 spiro atoms. The van der Waals surface area contributed by atoms with Crippen LogP contribution < -0.4 is 9.47 Å². The molecule has 1 amide bonds. The van der Waals surface area contributed by atoms with Gasteiger partial charge in [-0.15, -0.1) is 10.2 Å². The lowest BCUT2D eigenvalue weighted by atomic mass is 10.0. The molecule has 8 nitrogen and oxygen atoms in total. The van der Waals surface area contributed by atoms with E-state index in [2.05, 4.69) is 10.2 Å². The molecule has 0 aliphatic carbocycles. The molecule has 0 saturated carbocycles. The summed E-state index contributed by atoms with van der Waals surface area (Å²) in [5, 5.41) is 20.5. The summed E-state index contributed by atoms with van der Waals surface area (Å²) >= 11 is 0. The van der Waals surface area contributed by atoms with Crippen molar-refractivity contribution in [2.24, 2.45) is 10.2 Å². The van der Waals surface area contributed by atoms with Gasteiger partial charge in [0.2, 0.25) is 5.88 Å². The molecule has 186 valence electrons. The lowest BCUT2D eigenvalue weighted by Crippen LogP contribution is -1.99. The monoisotopic (exact) mass is 494 g/mol. The number of amides is 1. The molecule has 3 aromatic carbocycles. The van der Waals surface area contributed by atoms with Crippen LogP contribution in [-0.4, -0.2) is 34.8 Å². The lowest BCUT2D eigenvalue weighted by molar-refractivity contribution is 0.0996. The van der Waals surface area contributed by atoms with E-state index in [-0.39, 0.29) is 17.6 Å². The number of hydrogen-bond acceptors (Lipinski definition) is 6. The molecule has 0 radical (unpaired) electrons. The normalized spacial score (nSPS) is 11.6. The predicted molar refractivity (Wildman–Crippen MR) is 143 cm³/mol. The number of hydrogen-bond donors (Lipinski definition) is 1. The van der Waals surface area contributed by atoms with E-state index in [9.17, 15) is 9.90 Å². The van der Waals surface area contributed by atoms with Crippen LogP contribution in [-0.2, 0) is 0 Å². The van der Waals surface area contributed by atoms with E-state index in [0.29, 0.717) is 39.0 Å². The maximum atomic E-state index is 13.5. The Kier molecular flexibility index (Phi) is 6.31. The van der Waals surface area contributed by atoms with Crippen LogP contribution in [0.1, 0.15) is 30.2 Å². The first-order valence-electron chi connectivity index (χ1n) is 11.8. The first-order chi connectivity index (χ1) is 17.9. The minimum Gasteiger partial charge on any atom is -0.497 e. The Balaban J connectivity index is 1.65. The molecule has 0 saturated heterocycles. The number of fused-ring (bicyclic) bond motifs is 2. The van der Waals surface area contributed by atoms with Gasteiger partial charge in [0.05, 0.1) is 36.5 Å². The fraction of sp³-hybridized carbons (Fsp3) is 0.172. The molecule has 0 unspecified atom stereocenters. The number of pyridine rings is 1. The molecule has 2 heterocycles. The summed E-state index contributed by atoms with van der Waals surface area (Å²) in [4.78, 5) is 18.2. The summed E-state index contributed by atoms with van der Waals surface area (Å²) in [6.45, 7) is 3.91. The average Bonchev–Trinajstić information content (AvgIpc) is 3.21. The summed E-state index contributed by atoms with van der Waals surface area (Å²) in [7, 11) is 3.13. The second-order valence-electron chi connectivity index (χ2n) is 8.83. The van der Waals surface area contributed by atoms with Crippen LogP contribution in [0.2, 0.25) is 0 Å². The van der Waals surface area contributed by atoms with Crippen LogP contribution in [0.4, 0.5) is 5.69 Å². The summed E-state index contributed by atoms with van der Waals surface area (Å²) < 4.78 is 12.5. The molecule has 0 aliphatic rings. The van der Waals surface area contributed by atoms with E-state index in [4.69, 9.17) is 14.5 Å². The smallest absolute Gasteiger partial charge is 0.296 e. The Bertz CT molecular complexity index is 1660. The van der Waals surface area contributed by atoms with Gasteiger partial charge in [0.15, 0.2) is 5.69 Å². The molecule has 2 aromatic heterocycles. The fourth-order valence-corrected chi connectivity index (χ4v) is 4.43. The molecule has 0 aliphatic heterocycles. The van der Waals surface area contributed by atoms with Crippen molar-refractivity contribution in [3.05, 3.63) is 78.4 Å². The van der Waals surface area contributed by atoms with Gasteiger partial charge in [-0.25, -0.2) is 4.98 Å². The zero-order valence-electron chi connectivity index (χ0n) is 21.0. The molecule has 5 aromatic rings. The Labute approximate surface area is 213 Å². The molecule has 0 atom stereocenters. The van der Waals surface area contributed by atoms with Crippen LogP contribution in [0.25, 0.3) is 33.1 Å². The van der Waals surface area contributed by atoms with Crippen molar-refractivity contribution in [1.29, 1.82) is 0 Å². The quantitative estimate of drug-likeness (QED) is 0.254. The fourth-order valence-electron chi connectivity index (χ4n) is 4.43. The van der Waals surface area contributed by atoms with Gasteiger partial charge >= 0.3 is 0 Å². The zero-order chi connectivity index (χ0) is 26.1. The van der Waals surface area contributed by atoms with E-state index in [0.717, 1.165) is 11.1 Å². The van der Waals surface area contributed by atoms with Gasteiger partial charge in [-0.05, 0) is 56.3 Å². The molecule has 1 N–H and O–H groups in total. The number of carbonyl (C=O) groups excluding carboxylic acids is 1. The topological polar surface area (TPSA) is 98.3 Å². The minimum absolute atomic E-state index is 0.0411. The number of nitrogens with zero attached hydrogens (tertiary/aromatic N) is 4. The van der Waals surface area contributed by atoms with Gasteiger partial charge in [0.25, 0.3) is 5.91 Å². The highest BCUT2D eigenvalue weighted by atomic mass is 16.5. The van der Waals surface area contributed by atoms with Crippen LogP contribution in [0, 0.1) is 0 Å².